The summed E-state index contributed by atoms with van der Waals surface area (Å²) in [5.41, 5.74) is 4.67. The lowest BCUT2D eigenvalue weighted by atomic mass is 10.1. The average molecular weight is 483 g/mol. The molecular weight excluding hydrogens is 453 g/mol. The van der Waals surface area contributed by atoms with Gasteiger partial charge in [-0.25, -0.2) is 0 Å². The van der Waals surface area contributed by atoms with Crippen LogP contribution in [0.15, 0.2) is 47.5 Å². The second-order valence-electron chi connectivity index (χ2n) is 6.07. The highest BCUT2D eigenvalue weighted by atomic mass is 127. The van der Waals surface area contributed by atoms with Crippen LogP contribution in [0.3, 0.4) is 0 Å². The molecule has 0 aliphatic heterocycles. The van der Waals surface area contributed by atoms with Gasteiger partial charge in [0.1, 0.15) is 5.75 Å². The molecule has 5 nitrogen and oxygen atoms in total. The molecular formula is C21H30IN3O2. The number of hydrogen-bond donors (Lipinski definition) is 2. The number of methoxy groups -OCH3 is 1. The van der Waals surface area contributed by atoms with E-state index in [4.69, 9.17) is 9.47 Å². The summed E-state index contributed by atoms with van der Waals surface area (Å²) in [6, 6.07) is 14.6. The standard InChI is InChI=1S/C21H29N3O2.HI/c1-5-26-20-12-16(2)6-11-19(20)14-24-21(22-3)23-13-17-7-9-18(10-8-17)15-25-4;/h6-12H,5,13-15H2,1-4H3,(H2,22,23,24);1H. The molecule has 0 heterocycles. The van der Waals surface area contributed by atoms with Crippen LogP contribution in [0.25, 0.3) is 0 Å². The minimum atomic E-state index is 0. The van der Waals surface area contributed by atoms with Crippen molar-refractivity contribution in [2.24, 2.45) is 4.99 Å². The van der Waals surface area contributed by atoms with Gasteiger partial charge in [-0.15, -0.1) is 24.0 Å². The van der Waals surface area contributed by atoms with Gasteiger partial charge in [0.2, 0.25) is 0 Å². The zero-order chi connectivity index (χ0) is 18.8. The van der Waals surface area contributed by atoms with E-state index in [1.165, 1.54) is 16.7 Å². The molecule has 0 unspecified atom stereocenters. The van der Waals surface area contributed by atoms with Gasteiger partial charge in [-0.05, 0) is 36.6 Å². The van der Waals surface area contributed by atoms with E-state index in [9.17, 15) is 0 Å². The fraction of sp³-hybridized carbons (Fsp3) is 0.381. The Morgan fingerprint density at radius 3 is 2.30 bits per heavy atom. The van der Waals surface area contributed by atoms with Gasteiger partial charge < -0.3 is 20.1 Å². The monoisotopic (exact) mass is 483 g/mol. The van der Waals surface area contributed by atoms with E-state index in [0.717, 1.165) is 17.3 Å². The van der Waals surface area contributed by atoms with Crippen molar-refractivity contribution < 1.29 is 9.47 Å². The largest absolute Gasteiger partial charge is 0.494 e. The Kier molecular flexibility index (Phi) is 10.8. The molecule has 0 radical (unpaired) electrons. The molecule has 27 heavy (non-hydrogen) atoms. The minimum absolute atomic E-state index is 0. The quantitative estimate of drug-likeness (QED) is 0.339. The van der Waals surface area contributed by atoms with Crippen LogP contribution in [0.1, 0.15) is 29.2 Å². The van der Waals surface area contributed by atoms with Gasteiger partial charge in [0, 0.05) is 32.8 Å². The number of aliphatic imine (C=N–C) groups is 1. The van der Waals surface area contributed by atoms with Gasteiger partial charge in [0.25, 0.3) is 0 Å². The lowest BCUT2D eigenvalue weighted by Crippen LogP contribution is -2.36. The molecule has 148 valence electrons. The Balaban J connectivity index is 0.00000364. The Morgan fingerprint density at radius 1 is 1.00 bits per heavy atom. The number of halogens is 1. The van der Waals surface area contributed by atoms with E-state index in [1.54, 1.807) is 14.2 Å². The summed E-state index contributed by atoms with van der Waals surface area (Å²) in [6.07, 6.45) is 0. The molecule has 0 spiro atoms. The molecule has 0 aliphatic carbocycles. The molecule has 0 aliphatic rings. The lowest BCUT2D eigenvalue weighted by Gasteiger charge is -2.15. The molecule has 0 bridgehead atoms. The summed E-state index contributed by atoms with van der Waals surface area (Å²) in [5.74, 6) is 1.68. The Bertz CT molecular complexity index is 718. The van der Waals surface area contributed by atoms with Gasteiger partial charge in [-0.1, -0.05) is 36.4 Å². The number of aryl methyl sites for hydroxylation is 1. The minimum Gasteiger partial charge on any atom is -0.494 e. The number of nitrogens with one attached hydrogen (secondary N) is 2. The first-order valence-corrected chi connectivity index (χ1v) is 8.89. The van der Waals surface area contributed by atoms with Gasteiger partial charge in [0.15, 0.2) is 5.96 Å². The van der Waals surface area contributed by atoms with Crippen molar-refractivity contribution in [3.05, 3.63) is 64.7 Å². The normalized spacial score (nSPS) is 10.9. The first-order chi connectivity index (χ1) is 12.7. The van der Waals surface area contributed by atoms with E-state index in [0.29, 0.717) is 26.3 Å². The van der Waals surface area contributed by atoms with Crippen LogP contribution >= 0.6 is 24.0 Å². The molecule has 0 saturated heterocycles. The van der Waals surface area contributed by atoms with Crippen LogP contribution < -0.4 is 15.4 Å². The van der Waals surface area contributed by atoms with Crippen LogP contribution in [0.4, 0.5) is 0 Å². The number of rotatable bonds is 8. The molecule has 0 amide bonds. The second-order valence-corrected chi connectivity index (χ2v) is 6.07. The third-order valence-corrected chi connectivity index (χ3v) is 3.99. The smallest absolute Gasteiger partial charge is 0.191 e. The van der Waals surface area contributed by atoms with E-state index in [2.05, 4.69) is 65.0 Å². The molecule has 2 aromatic rings. The SMILES string of the molecule is CCOc1cc(C)ccc1CNC(=NC)NCc1ccc(COC)cc1.I. The molecule has 0 fully saturated rings. The summed E-state index contributed by atoms with van der Waals surface area (Å²) in [4.78, 5) is 4.29. The summed E-state index contributed by atoms with van der Waals surface area (Å²) < 4.78 is 10.9. The van der Waals surface area contributed by atoms with E-state index >= 15 is 0 Å². The van der Waals surface area contributed by atoms with Crippen molar-refractivity contribution in [3.63, 3.8) is 0 Å². The first kappa shape index (κ1) is 23.2. The topological polar surface area (TPSA) is 54.9 Å². The van der Waals surface area contributed by atoms with Crippen molar-refractivity contribution >= 4 is 29.9 Å². The zero-order valence-corrected chi connectivity index (χ0v) is 18.9. The second kappa shape index (κ2) is 12.6. The van der Waals surface area contributed by atoms with Crippen molar-refractivity contribution in [3.8, 4) is 5.75 Å². The molecule has 0 atom stereocenters. The summed E-state index contributed by atoms with van der Waals surface area (Å²) in [6.45, 7) is 6.72. The summed E-state index contributed by atoms with van der Waals surface area (Å²) >= 11 is 0. The number of nitrogens with zero attached hydrogens (tertiary/aromatic N) is 1. The van der Waals surface area contributed by atoms with E-state index in [1.807, 2.05) is 6.92 Å². The highest BCUT2D eigenvalue weighted by Gasteiger charge is 2.05. The number of ether oxygens (including phenoxy) is 2. The van der Waals surface area contributed by atoms with Crippen LogP contribution in [0.2, 0.25) is 0 Å². The van der Waals surface area contributed by atoms with Crippen molar-refractivity contribution in [1.29, 1.82) is 0 Å². The molecule has 2 N–H and O–H groups in total. The van der Waals surface area contributed by atoms with Crippen LogP contribution in [-0.4, -0.2) is 26.7 Å². The third kappa shape index (κ3) is 7.76. The molecule has 0 saturated carbocycles. The maximum Gasteiger partial charge on any atom is 0.191 e. The van der Waals surface area contributed by atoms with Gasteiger partial charge in [-0.3, -0.25) is 4.99 Å². The third-order valence-electron chi connectivity index (χ3n) is 3.99. The maximum atomic E-state index is 5.73. The van der Waals surface area contributed by atoms with Gasteiger partial charge in [0.05, 0.1) is 13.2 Å². The van der Waals surface area contributed by atoms with Crippen molar-refractivity contribution in [1.82, 2.24) is 10.6 Å². The lowest BCUT2D eigenvalue weighted by molar-refractivity contribution is 0.185. The predicted octanol–water partition coefficient (Wildman–Crippen LogP) is 4.02. The Hall–Kier alpha value is -1.80. The van der Waals surface area contributed by atoms with Crippen LogP contribution in [0, 0.1) is 6.92 Å². The number of benzene rings is 2. The number of guanidine groups is 1. The average Bonchev–Trinajstić information content (AvgIpc) is 2.65. The van der Waals surface area contributed by atoms with E-state index < -0.39 is 0 Å². The van der Waals surface area contributed by atoms with Gasteiger partial charge >= 0.3 is 0 Å². The summed E-state index contributed by atoms with van der Waals surface area (Å²) in [7, 11) is 3.48. The first-order valence-electron chi connectivity index (χ1n) is 8.89. The van der Waals surface area contributed by atoms with Gasteiger partial charge in [-0.2, -0.15) is 0 Å². The highest BCUT2D eigenvalue weighted by molar-refractivity contribution is 14.0. The van der Waals surface area contributed by atoms with Crippen LogP contribution in [-0.2, 0) is 24.4 Å². The maximum absolute atomic E-state index is 5.73. The fourth-order valence-corrected chi connectivity index (χ4v) is 2.60. The summed E-state index contributed by atoms with van der Waals surface area (Å²) in [5, 5.41) is 6.68. The number of hydrogen-bond acceptors (Lipinski definition) is 3. The fourth-order valence-electron chi connectivity index (χ4n) is 2.60. The molecule has 0 aromatic heterocycles. The van der Waals surface area contributed by atoms with Crippen LogP contribution in [0.5, 0.6) is 5.75 Å². The highest BCUT2D eigenvalue weighted by Crippen LogP contribution is 2.20. The Labute approximate surface area is 179 Å². The van der Waals surface area contributed by atoms with Crippen molar-refractivity contribution in [2.45, 2.75) is 33.5 Å². The molecule has 2 aromatic carbocycles. The zero-order valence-electron chi connectivity index (χ0n) is 16.5. The predicted molar refractivity (Wildman–Crippen MR) is 122 cm³/mol. The van der Waals surface area contributed by atoms with Crippen molar-refractivity contribution in [2.75, 3.05) is 20.8 Å². The molecule has 6 heteroatoms. The Morgan fingerprint density at radius 2 is 1.67 bits per heavy atom. The molecule has 2 rings (SSSR count). The van der Waals surface area contributed by atoms with E-state index in [-0.39, 0.29) is 24.0 Å².